The fourth-order valence-electron chi connectivity index (χ4n) is 4.63. The zero-order valence-electron chi connectivity index (χ0n) is 21.4. The van der Waals surface area contributed by atoms with Gasteiger partial charge in [0.15, 0.2) is 9.84 Å². The van der Waals surface area contributed by atoms with E-state index in [2.05, 4.69) is 20.6 Å². The van der Waals surface area contributed by atoms with Crippen LogP contribution in [0.1, 0.15) is 36.0 Å². The molecule has 10 nitrogen and oxygen atoms in total. The van der Waals surface area contributed by atoms with Crippen LogP contribution in [-0.2, 0) is 9.84 Å². The SMILES string of the molecule is CNC(=O)c1ccc(Nc2nc(OC3CCCC3)c3c(-c4cccc(S(C)(=O)=O)c4)c[nH]c3n2)c(OC)c1. The summed E-state index contributed by atoms with van der Waals surface area (Å²) >= 11 is 0. The molecule has 0 radical (unpaired) electrons. The van der Waals surface area contributed by atoms with E-state index in [4.69, 9.17) is 14.5 Å². The number of nitrogens with zero attached hydrogens (tertiary/aromatic N) is 2. The van der Waals surface area contributed by atoms with Crippen molar-refractivity contribution in [2.75, 3.05) is 25.7 Å². The number of anilines is 2. The second kappa shape index (κ2) is 10.3. The van der Waals surface area contributed by atoms with Crippen LogP contribution in [0.3, 0.4) is 0 Å². The largest absolute Gasteiger partial charge is 0.495 e. The van der Waals surface area contributed by atoms with Crippen molar-refractivity contribution in [2.45, 2.75) is 36.7 Å². The van der Waals surface area contributed by atoms with Crippen LogP contribution in [0.25, 0.3) is 22.2 Å². The monoisotopic (exact) mass is 535 g/mol. The molecule has 0 spiro atoms. The van der Waals surface area contributed by atoms with Gasteiger partial charge in [-0.2, -0.15) is 9.97 Å². The predicted octanol–water partition coefficient (Wildman–Crippen LogP) is 4.46. The standard InChI is InChI=1S/C27H29N5O5S/c1-28-25(33)17-11-12-21(22(14-17)36-2)30-27-31-24-23(26(32-27)37-18-8-4-5-9-18)20(15-29-24)16-7-6-10-19(13-16)38(3,34)35/h6-7,10-15,18H,4-5,8-9H2,1-3H3,(H,28,33)(H2,29,30,31,32). The second-order valence-electron chi connectivity index (χ2n) is 9.22. The first-order valence-electron chi connectivity index (χ1n) is 12.3. The molecule has 38 heavy (non-hydrogen) atoms. The van der Waals surface area contributed by atoms with Crippen molar-refractivity contribution in [3.63, 3.8) is 0 Å². The maximum absolute atomic E-state index is 12.2. The van der Waals surface area contributed by atoms with Gasteiger partial charge in [-0.25, -0.2) is 8.42 Å². The number of aromatic nitrogens is 3. The lowest BCUT2D eigenvalue weighted by atomic mass is 10.1. The number of fused-ring (bicyclic) bond motifs is 1. The van der Waals surface area contributed by atoms with Gasteiger partial charge in [0.25, 0.3) is 5.91 Å². The van der Waals surface area contributed by atoms with Crippen LogP contribution >= 0.6 is 0 Å². The molecule has 0 unspecified atom stereocenters. The van der Waals surface area contributed by atoms with Crippen LogP contribution in [0.4, 0.5) is 11.6 Å². The van der Waals surface area contributed by atoms with Gasteiger partial charge >= 0.3 is 0 Å². The fourth-order valence-corrected chi connectivity index (χ4v) is 5.29. The highest BCUT2D eigenvalue weighted by atomic mass is 32.2. The van der Waals surface area contributed by atoms with Gasteiger partial charge in [0.05, 0.1) is 23.1 Å². The van der Waals surface area contributed by atoms with Crippen molar-refractivity contribution in [2.24, 2.45) is 0 Å². The minimum atomic E-state index is -3.38. The van der Waals surface area contributed by atoms with Crippen molar-refractivity contribution < 1.29 is 22.7 Å². The number of carbonyl (C=O) groups excluding carboxylic acids is 1. The number of hydrogen-bond donors (Lipinski definition) is 3. The Kier molecular flexibility index (Phi) is 6.94. The molecule has 0 saturated heterocycles. The molecule has 198 valence electrons. The Morgan fingerprint density at radius 3 is 2.61 bits per heavy atom. The molecule has 3 N–H and O–H groups in total. The molecule has 1 amide bonds. The zero-order valence-corrected chi connectivity index (χ0v) is 22.2. The molecule has 0 bridgehead atoms. The Morgan fingerprint density at radius 2 is 1.89 bits per heavy atom. The predicted molar refractivity (Wildman–Crippen MR) is 145 cm³/mol. The number of amides is 1. The summed E-state index contributed by atoms with van der Waals surface area (Å²) in [6.07, 6.45) is 7.06. The molecule has 4 aromatic rings. The minimum absolute atomic E-state index is 0.0347. The lowest BCUT2D eigenvalue weighted by molar-refractivity contribution is 0.0962. The molecule has 0 atom stereocenters. The molecule has 1 aliphatic carbocycles. The Bertz CT molecular complexity index is 1610. The highest BCUT2D eigenvalue weighted by Crippen LogP contribution is 2.38. The summed E-state index contributed by atoms with van der Waals surface area (Å²) in [5.74, 6) is 0.928. The Morgan fingerprint density at radius 1 is 1.11 bits per heavy atom. The van der Waals surface area contributed by atoms with E-state index in [9.17, 15) is 13.2 Å². The molecule has 1 aliphatic rings. The van der Waals surface area contributed by atoms with Crippen molar-refractivity contribution in [3.05, 3.63) is 54.2 Å². The minimum Gasteiger partial charge on any atom is -0.495 e. The topological polar surface area (TPSA) is 135 Å². The summed E-state index contributed by atoms with van der Waals surface area (Å²) < 4.78 is 36.2. The van der Waals surface area contributed by atoms with E-state index < -0.39 is 9.84 Å². The van der Waals surface area contributed by atoms with Crippen LogP contribution in [0.15, 0.2) is 53.6 Å². The van der Waals surface area contributed by atoms with E-state index in [1.54, 1.807) is 49.6 Å². The molecule has 1 fully saturated rings. The number of sulfone groups is 1. The number of rotatable bonds is 8. The highest BCUT2D eigenvalue weighted by Gasteiger charge is 2.23. The molecular formula is C27H29N5O5S. The van der Waals surface area contributed by atoms with Crippen molar-refractivity contribution >= 4 is 38.4 Å². The van der Waals surface area contributed by atoms with E-state index in [1.165, 1.54) is 13.4 Å². The van der Waals surface area contributed by atoms with Crippen LogP contribution < -0.4 is 20.1 Å². The molecule has 1 saturated carbocycles. The average Bonchev–Trinajstić information content (AvgIpc) is 3.58. The van der Waals surface area contributed by atoms with Crippen LogP contribution in [-0.4, -0.2) is 55.8 Å². The van der Waals surface area contributed by atoms with Gasteiger partial charge in [-0.05, 0) is 61.6 Å². The summed E-state index contributed by atoms with van der Waals surface area (Å²) in [6, 6.07) is 11.8. The number of ether oxygens (including phenoxy) is 2. The first kappa shape index (κ1) is 25.5. The van der Waals surface area contributed by atoms with Crippen molar-refractivity contribution in [3.8, 4) is 22.8 Å². The Balaban J connectivity index is 1.58. The van der Waals surface area contributed by atoms with E-state index in [-0.39, 0.29) is 22.9 Å². The van der Waals surface area contributed by atoms with E-state index in [1.807, 2.05) is 6.07 Å². The summed E-state index contributed by atoms with van der Waals surface area (Å²) in [5.41, 5.74) is 3.04. The average molecular weight is 536 g/mol. The summed E-state index contributed by atoms with van der Waals surface area (Å²) in [5, 5.41) is 6.46. The molecule has 2 aromatic heterocycles. The van der Waals surface area contributed by atoms with Gasteiger partial charge in [0.2, 0.25) is 11.8 Å². The van der Waals surface area contributed by atoms with E-state index in [0.29, 0.717) is 39.5 Å². The first-order chi connectivity index (χ1) is 18.3. The molecule has 0 aliphatic heterocycles. The van der Waals surface area contributed by atoms with E-state index in [0.717, 1.165) is 31.2 Å². The first-order valence-corrected chi connectivity index (χ1v) is 14.2. The van der Waals surface area contributed by atoms with Crippen LogP contribution in [0.2, 0.25) is 0 Å². The van der Waals surface area contributed by atoms with Crippen LogP contribution in [0, 0.1) is 0 Å². The highest BCUT2D eigenvalue weighted by molar-refractivity contribution is 7.90. The third-order valence-corrected chi connectivity index (χ3v) is 7.70. The normalized spacial score (nSPS) is 14.0. The number of nitrogens with one attached hydrogen (secondary N) is 3. The number of carbonyl (C=O) groups is 1. The summed E-state index contributed by atoms with van der Waals surface area (Å²) in [7, 11) is -0.286. The summed E-state index contributed by atoms with van der Waals surface area (Å²) in [4.78, 5) is 24.8. The second-order valence-corrected chi connectivity index (χ2v) is 11.2. The lowest BCUT2D eigenvalue weighted by Gasteiger charge is -2.16. The third kappa shape index (κ3) is 5.14. The van der Waals surface area contributed by atoms with E-state index >= 15 is 0 Å². The van der Waals surface area contributed by atoms with Crippen molar-refractivity contribution in [1.82, 2.24) is 20.3 Å². The van der Waals surface area contributed by atoms with Gasteiger partial charge in [-0.1, -0.05) is 12.1 Å². The Labute approximate surface area is 220 Å². The fraction of sp³-hybridized carbons (Fsp3) is 0.296. The zero-order chi connectivity index (χ0) is 26.9. The quantitative estimate of drug-likeness (QED) is 0.301. The lowest BCUT2D eigenvalue weighted by Crippen LogP contribution is -2.17. The molecular weight excluding hydrogens is 506 g/mol. The van der Waals surface area contributed by atoms with Gasteiger partial charge < -0.3 is 25.1 Å². The van der Waals surface area contributed by atoms with Crippen molar-refractivity contribution in [1.29, 1.82) is 0 Å². The smallest absolute Gasteiger partial charge is 0.251 e. The molecule has 2 aromatic carbocycles. The van der Waals surface area contributed by atoms with Gasteiger partial charge in [0.1, 0.15) is 17.5 Å². The van der Waals surface area contributed by atoms with Gasteiger partial charge in [-0.3, -0.25) is 4.79 Å². The number of aromatic amines is 1. The maximum atomic E-state index is 12.2. The number of hydrogen-bond acceptors (Lipinski definition) is 8. The maximum Gasteiger partial charge on any atom is 0.251 e. The molecule has 2 heterocycles. The molecule has 5 rings (SSSR count). The number of benzene rings is 2. The Hall–Kier alpha value is -4.12. The molecule has 11 heteroatoms. The third-order valence-electron chi connectivity index (χ3n) is 6.59. The van der Waals surface area contributed by atoms with Gasteiger partial charge in [-0.15, -0.1) is 0 Å². The number of H-pyrrole nitrogens is 1. The number of methoxy groups -OCH3 is 1. The van der Waals surface area contributed by atoms with Gasteiger partial charge in [0, 0.05) is 30.6 Å². The summed E-state index contributed by atoms with van der Waals surface area (Å²) in [6.45, 7) is 0. The van der Waals surface area contributed by atoms with Crippen LogP contribution in [0.5, 0.6) is 11.6 Å².